The van der Waals surface area contributed by atoms with E-state index >= 15 is 0 Å². The average molecular weight is 510 g/mol. The molecule has 3 aromatic rings. The molecule has 0 saturated heterocycles. The van der Waals surface area contributed by atoms with Crippen LogP contribution in [0, 0.1) is 15.9 Å². The number of likely N-dealkylation sites (N-methyl/N-ethyl adjacent to an activating group) is 1. The van der Waals surface area contributed by atoms with E-state index in [4.69, 9.17) is 0 Å². The minimum atomic E-state index is -0.820. The average Bonchev–Trinajstić information content (AvgIpc) is 2.88. The zero-order valence-corrected chi connectivity index (χ0v) is 20.7. The number of nitrogens with one attached hydrogen (secondary N) is 1. The summed E-state index contributed by atoms with van der Waals surface area (Å²) in [7, 11) is 0. The van der Waals surface area contributed by atoms with Crippen LogP contribution in [0.4, 0.5) is 10.1 Å². The number of benzene rings is 3. The molecule has 0 spiro atoms. The second kappa shape index (κ2) is 13.4. The molecule has 7 nitrogen and oxygen atoms in total. The van der Waals surface area contributed by atoms with Gasteiger partial charge in [-0.15, -0.1) is 11.8 Å². The summed E-state index contributed by atoms with van der Waals surface area (Å²) < 4.78 is 14.5. The lowest BCUT2D eigenvalue weighted by molar-refractivity contribution is -0.384. The number of carbonyl (C=O) groups is 2. The van der Waals surface area contributed by atoms with Gasteiger partial charge in [0.05, 0.1) is 10.7 Å². The van der Waals surface area contributed by atoms with Gasteiger partial charge in [-0.05, 0) is 24.1 Å². The Balaban J connectivity index is 1.80. The molecule has 0 fully saturated rings. The summed E-state index contributed by atoms with van der Waals surface area (Å²) in [6.07, 6.45) is 0.292. The Morgan fingerprint density at radius 1 is 1.00 bits per heavy atom. The lowest BCUT2D eigenvalue weighted by Crippen LogP contribution is -2.51. The van der Waals surface area contributed by atoms with Gasteiger partial charge in [-0.2, -0.15) is 0 Å². The monoisotopic (exact) mass is 509 g/mol. The molecule has 9 heteroatoms. The highest BCUT2D eigenvalue weighted by atomic mass is 32.2. The van der Waals surface area contributed by atoms with Crippen LogP contribution in [0.15, 0.2) is 78.9 Å². The first-order valence-electron chi connectivity index (χ1n) is 11.5. The predicted molar refractivity (Wildman–Crippen MR) is 139 cm³/mol. The topological polar surface area (TPSA) is 92.6 Å². The fourth-order valence-electron chi connectivity index (χ4n) is 3.71. The summed E-state index contributed by atoms with van der Waals surface area (Å²) in [5.41, 5.74) is 2.05. The van der Waals surface area contributed by atoms with Crippen molar-refractivity contribution in [3.8, 4) is 0 Å². The van der Waals surface area contributed by atoms with E-state index in [9.17, 15) is 24.1 Å². The Morgan fingerprint density at radius 2 is 1.67 bits per heavy atom. The zero-order chi connectivity index (χ0) is 25.9. The Kier molecular flexibility index (Phi) is 10.00. The largest absolute Gasteiger partial charge is 0.355 e. The number of halogens is 1. The molecule has 1 atom stereocenters. The van der Waals surface area contributed by atoms with Crippen molar-refractivity contribution < 1.29 is 18.9 Å². The molecular weight excluding hydrogens is 481 g/mol. The molecule has 0 aliphatic rings. The van der Waals surface area contributed by atoms with E-state index in [2.05, 4.69) is 5.32 Å². The van der Waals surface area contributed by atoms with Crippen molar-refractivity contribution in [1.82, 2.24) is 10.2 Å². The van der Waals surface area contributed by atoms with Gasteiger partial charge < -0.3 is 10.2 Å². The molecule has 0 aromatic heterocycles. The van der Waals surface area contributed by atoms with Gasteiger partial charge in [0.2, 0.25) is 11.8 Å². The number of nitro groups is 1. The van der Waals surface area contributed by atoms with Gasteiger partial charge in [-0.1, -0.05) is 60.7 Å². The molecular formula is C27H28FN3O4S. The SMILES string of the molecule is CCNC(=O)[C@@H](Cc1ccccc1)N(Cc1ccccc1F)C(=O)CSCc1ccc([N+](=O)[O-])cc1. The fraction of sp³-hybridized carbons (Fsp3) is 0.259. The highest BCUT2D eigenvalue weighted by Crippen LogP contribution is 2.21. The molecule has 0 unspecified atom stereocenters. The molecule has 188 valence electrons. The lowest BCUT2D eigenvalue weighted by atomic mass is 10.0. The van der Waals surface area contributed by atoms with Crippen LogP contribution in [0.5, 0.6) is 0 Å². The number of rotatable bonds is 12. The molecule has 0 aliphatic heterocycles. The molecule has 2 amide bonds. The van der Waals surface area contributed by atoms with Crippen molar-refractivity contribution in [2.75, 3.05) is 12.3 Å². The molecule has 3 rings (SSSR count). The Bertz CT molecular complexity index is 1180. The van der Waals surface area contributed by atoms with E-state index in [1.54, 1.807) is 37.3 Å². The number of nitrogens with zero attached hydrogens (tertiary/aromatic N) is 2. The highest BCUT2D eigenvalue weighted by molar-refractivity contribution is 7.99. The van der Waals surface area contributed by atoms with Crippen molar-refractivity contribution in [2.24, 2.45) is 0 Å². The standard InChI is InChI=1S/C27H28FN3O4S/c1-2-29-27(33)25(16-20-8-4-3-5-9-20)30(17-22-10-6-7-11-24(22)28)26(32)19-36-18-21-12-14-23(15-13-21)31(34)35/h3-15,25H,2,16-19H2,1H3,(H,29,33)/t25-/m1/s1. The van der Waals surface area contributed by atoms with Crippen LogP contribution in [0.3, 0.4) is 0 Å². The van der Waals surface area contributed by atoms with Crippen LogP contribution >= 0.6 is 11.8 Å². The van der Waals surface area contributed by atoms with Crippen molar-refractivity contribution in [1.29, 1.82) is 0 Å². The zero-order valence-electron chi connectivity index (χ0n) is 19.9. The van der Waals surface area contributed by atoms with Gasteiger partial charge in [0.1, 0.15) is 11.9 Å². The Morgan fingerprint density at radius 3 is 2.31 bits per heavy atom. The van der Waals surface area contributed by atoms with Crippen LogP contribution in [-0.2, 0) is 28.3 Å². The maximum atomic E-state index is 14.5. The van der Waals surface area contributed by atoms with Crippen molar-refractivity contribution in [3.05, 3.63) is 111 Å². The normalized spacial score (nSPS) is 11.5. The Hall–Kier alpha value is -3.72. The van der Waals surface area contributed by atoms with E-state index in [0.29, 0.717) is 24.3 Å². The molecule has 1 N–H and O–H groups in total. The first-order valence-corrected chi connectivity index (χ1v) is 12.7. The number of nitro benzene ring substituents is 1. The number of carbonyl (C=O) groups excluding carboxylic acids is 2. The lowest BCUT2D eigenvalue weighted by Gasteiger charge is -2.31. The third-order valence-corrected chi connectivity index (χ3v) is 6.55. The summed E-state index contributed by atoms with van der Waals surface area (Å²) >= 11 is 1.33. The minimum Gasteiger partial charge on any atom is -0.355 e. The quantitative estimate of drug-likeness (QED) is 0.281. The number of hydrogen-bond donors (Lipinski definition) is 1. The number of thioether (sulfide) groups is 1. The molecule has 3 aromatic carbocycles. The van der Waals surface area contributed by atoms with Crippen LogP contribution in [-0.4, -0.2) is 40.0 Å². The summed E-state index contributed by atoms with van der Waals surface area (Å²) in [4.78, 5) is 38.4. The third-order valence-electron chi connectivity index (χ3n) is 5.56. The van der Waals surface area contributed by atoms with Gasteiger partial charge >= 0.3 is 0 Å². The maximum absolute atomic E-state index is 14.5. The van der Waals surface area contributed by atoms with E-state index in [0.717, 1.165) is 11.1 Å². The minimum absolute atomic E-state index is 0.00146. The molecule has 0 saturated carbocycles. The summed E-state index contributed by atoms with van der Waals surface area (Å²) in [5, 5.41) is 13.7. The summed E-state index contributed by atoms with van der Waals surface area (Å²) in [5.74, 6) is -0.510. The van der Waals surface area contributed by atoms with E-state index in [1.807, 2.05) is 30.3 Å². The molecule has 0 heterocycles. The second-order valence-corrected chi connectivity index (χ2v) is 9.12. The van der Waals surface area contributed by atoms with E-state index < -0.39 is 16.8 Å². The first-order chi connectivity index (χ1) is 17.4. The van der Waals surface area contributed by atoms with Gasteiger partial charge in [-0.25, -0.2) is 4.39 Å². The molecule has 0 aliphatic carbocycles. The highest BCUT2D eigenvalue weighted by Gasteiger charge is 2.30. The van der Waals surface area contributed by atoms with Gasteiger partial charge in [0, 0.05) is 43.0 Å². The van der Waals surface area contributed by atoms with Crippen LogP contribution < -0.4 is 5.32 Å². The number of non-ortho nitro benzene ring substituents is 1. The van der Waals surface area contributed by atoms with Crippen molar-refractivity contribution in [2.45, 2.75) is 31.7 Å². The van der Waals surface area contributed by atoms with E-state index in [-0.39, 0.29) is 29.8 Å². The fourth-order valence-corrected chi connectivity index (χ4v) is 4.58. The number of hydrogen-bond acceptors (Lipinski definition) is 5. The van der Waals surface area contributed by atoms with Gasteiger partial charge in [-0.3, -0.25) is 19.7 Å². The van der Waals surface area contributed by atoms with Crippen LogP contribution in [0.2, 0.25) is 0 Å². The van der Waals surface area contributed by atoms with Crippen molar-refractivity contribution in [3.63, 3.8) is 0 Å². The third kappa shape index (κ3) is 7.64. The molecule has 36 heavy (non-hydrogen) atoms. The van der Waals surface area contributed by atoms with Crippen LogP contribution in [0.1, 0.15) is 23.6 Å². The first kappa shape index (κ1) is 26.9. The smallest absolute Gasteiger partial charge is 0.269 e. The van der Waals surface area contributed by atoms with Gasteiger partial charge in [0.15, 0.2) is 0 Å². The van der Waals surface area contributed by atoms with Crippen LogP contribution in [0.25, 0.3) is 0 Å². The molecule has 0 bridgehead atoms. The predicted octanol–water partition coefficient (Wildman–Crippen LogP) is 4.74. The van der Waals surface area contributed by atoms with E-state index in [1.165, 1.54) is 34.9 Å². The maximum Gasteiger partial charge on any atom is 0.269 e. The number of amides is 2. The summed E-state index contributed by atoms with van der Waals surface area (Å²) in [6.45, 7) is 2.17. The second-order valence-electron chi connectivity index (χ2n) is 8.13. The molecule has 0 radical (unpaired) electrons. The van der Waals surface area contributed by atoms with Crippen molar-refractivity contribution >= 4 is 29.3 Å². The van der Waals surface area contributed by atoms with Gasteiger partial charge in [0.25, 0.3) is 5.69 Å². The Labute approximate surface area is 213 Å². The summed E-state index contributed by atoms with van der Waals surface area (Å²) in [6, 6.07) is 20.9.